The van der Waals surface area contributed by atoms with Crippen LogP contribution in [0.4, 0.5) is 17.2 Å². The number of rotatable bonds is 5. The highest BCUT2D eigenvalue weighted by atomic mass is 16.1. The predicted octanol–water partition coefficient (Wildman–Crippen LogP) is 3.99. The van der Waals surface area contributed by atoms with E-state index in [-0.39, 0.29) is 5.91 Å². The van der Waals surface area contributed by atoms with Crippen LogP contribution >= 0.6 is 0 Å². The first-order chi connectivity index (χ1) is 13.2. The lowest BCUT2D eigenvalue weighted by Gasteiger charge is -2.18. The van der Waals surface area contributed by atoms with Gasteiger partial charge in [-0.15, -0.1) is 0 Å². The topological polar surface area (TPSA) is 70.2 Å². The SMILES string of the molecule is Cc1nc(NC2CCCC2)cc(C(=O)Nc2ccc(N3CCCC3)cc2)n1. The second-order valence-corrected chi connectivity index (χ2v) is 7.51. The summed E-state index contributed by atoms with van der Waals surface area (Å²) < 4.78 is 0. The molecule has 142 valence electrons. The molecule has 1 saturated carbocycles. The zero-order valence-corrected chi connectivity index (χ0v) is 15.9. The number of amides is 1. The monoisotopic (exact) mass is 365 g/mol. The fourth-order valence-corrected chi connectivity index (χ4v) is 3.96. The molecular weight excluding hydrogens is 338 g/mol. The minimum Gasteiger partial charge on any atom is -0.372 e. The van der Waals surface area contributed by atoms with Crippen molar-refractivity contribution < 1.29 is 4.79 Å². The number of benzene rings is 1. The van der Waals surface area contributed by atoms with E-state index < -0.39 is 0 Å². The van der Waals surface area contributed by atoms with Crippen LogP contribution < -0.4 is 15.5 Å². The summed E-state index contributed by atoms with van der Waals surface area (Å²) in [5, 5.41) is 6.39. The van der Waals surface area contributed by atoms with Crippen molar-refractivity contribution in [2.75, 3.05) is 28.6 Å². The largest absolute Gasteiger partial charge is 0.372 e. The van der Waals surface area contributed by atoms with Crippen molar-refractivity contribution in [2.24, 2.45) is 0 Å². The number of carbonyl (C=O) groups is 1. The Kier molecular flexibility index (Phi) is 5.23. The first-order valence-corrected chi connectivity index (χ1v) is 9.96. The summed E-state index contributed by atoms with van der Waals surface area (Å²) in [5.41, 5.74) is 2.39. The number of aromatic nitrogens is 2. The molecule has 1 aromatic carbocycles. The van der Waals surface area contributed by atoms with Crippen LogP contribution in [-0.4, -0.2) is 35.0 Å². The van der Waals surface area contributed by atoms with E-state index in [9.17, 15) is 4.79 Å². The molecule has 0 spiro atoms. The maximum atomic E-state index is 12.7. The average Bonchev–Trinajstić information content (AvgIpc) is 3.36. The van der Waals surface area contributed by atoms with Gasteiger partial charge in [-0.25, -0.2) is 9.97 Å². The first kappa shape index (κ1) is 17.8. The quantitative estimate of drug-likeness (QED) is 0.838. The molecule has 0 bridgehead atoms. The van der Waals surface area contributed by atoms with E-state index in [1.165, 1.54) is 31.4 Å². The molecule has 1 amide bonds. The van der Waals surface area contributed by atoms with Gasteiger partial charge in [-0.1, -0.05) is 12.8 Å². The Morgan fingerprint density at radius 3 is 2.44 bits per heavy atom. The van der Waals surface area contributed by atoms with Gasteiger partial charge in [0.1, 0.15) is 17.3 Å². The fraction of sp³-hybridized carbons (Fsp3) is 0.476. The fourth-order valence-electron chi connectivity index (χ4n) is 3.96. The highest BCUT2D eigenvalue weighted by molar-refractivity contribution is 6.03. The third-order valence-corrected chi connectivity index (χ3v) is 5.37. The number of carbonyl (C=O) groups excluding carboxylic acids is 1. The van der Waals surface area contributed by atoms with Gasteiger partial charge in [-0.2, -0.15) is 0 Å². The van der Waals surface area contributed by atoms with Gasteiger partial charge in [-0.05, 0) is 56.9 Å². The van der Waals surface area contributed by atoms with Crippen LogP contribution in [-0.2, 0) is 0 Å². The van der Waals surface area contributed by atoms with Crippen LogP contribution in [0.1, 0.15) is 54.8 Å². The summed E-state index contributed by atoms with van der Waals surface area (Å²) in [4.78, 5) is 23.8. The molecule has 1 aliphatic heterocycles. The molecule has 6 heteroatoms. The third-order valence-electron chi connectivity index (χ3n) is 5.37. The zero-order valence-electron chi connectivity index (χ0n) is 15.9. The van der Waals surface area contributed by atoms with Crippen molar-refractivity contribution in [1.29, 1.82) is 0 Å². The summed E-state index contributed by atoms with van der Waals surface area (Å²) in [5.74, 6) is 1.14. The molecule has 6 nitrogen and oxygen atoms in total. The third kappa shape index (κ3) is 4.38. The molecule has 2 fully saturated rings. The highest BCUT2D eigenvalue weighted by Gasteiger charge is 2.17. The van der Waals surface area contributed by atoms with Crippen molar-refractivity contribution in [3.63, 3.8) is 0 Å². The zero-order chi connectivity index (χ0) is 18.6. The van der Waals surface area contributed by atoms with E-state index in [0.717, 1.165) is 37.4 Å². The number of nitrogens with one attached hydrogen (secondary N) is 2. The summed E-state index contributed by atoms with van der Waals surface area (Å²) in [6, 6.07) is 10.3. The van der Waals surface area contributed by atoms with Crippen LogP contribution in [0.3, 0.4) is 0 Å². The van der Waals surface area contributed by atoms with Crippen LogP contribution in [0.15, 0.2) is 30.3 Å². The van der Waals surface area contributed by atoms with E-state index in [1.54, 1.807) is 6.07 Å². The van der Waals surface area contributed by atoms with Crippen LogP contribution in [0, 0.1) is 6.92 Å². The molecule has 27 heavy (non-hydrogen) atoms. The molecule has 2 aromatic rings. The maximum absolute atomic E-state index is 12.7. The van der Waals surface area contributed by atoms with Gasteiger partial charge in [-0.3, -0.25) is 4.79 Å². The van der Waals surface area contributed by atoms with E-state index in [1.807, 2.05) is 19.1 Å². The van der Waals surface area contributed by atoms with Crippen molar-refractivity contribution in [2.45, 2.75) is 51.5 Å². The second-order valence-electron chi connectivity index (χ2n) is 7.51. The molecule has 1 aromatic heterocycles. The summed E-state index contributed by atoms with van der Waals surface area (Å²) in [7, 11) is 0. The van der Waals surface area contributed by atoms with Crippen LogP contribution in [0.2, 0.25) is 0 Å². The lowest BCUT2D eigenvalue weighted by molar-refractivity contribution is 0.102. The van der Waals surface area contributed by atoms with Gasteiger partial charge in [0.25, 0.3) is 5.91 Å². The van der Waals surface area contributed by atoms with E-state index >= 15 is 0 Å². The molecule has 0 unspecified atom stereocenters. The molecule has 4 rings (SSSR count). The highest BCUT2D eigenvalue weighted by Crippen LogP contribution is 2.23. The summed E-state index contributed by atoms with van der Waals surface area (Å²) >= 11 is 0. The van der Waals surface area contributed by atoms with Crippen LogP contribution in [0.25, 0.3) is 0 Å². The van der Waals surface area contributed by atoms with Gasteiger partial charge < -0.3 is 15.5 Å². The van der Waals surface area contributed by atoms with E-state index in [4.69, 9.17) is 0 Å². The molecule has 2 aliphatic rings. The Morgan fingerprint density at radius 2 is 1.74 bits per heavy atom. The molecule has 0 atom stereocenters. The molecule has 1 saturated heterocycles. The number of nitrogens with zero attached hydrogens (tertiary/aromatic N) is 3. The van der Waals surface area contributed by atoms with Gasteiger partial charge in [0.15, 0.2) is 0 Å². The second kappa shape index (κ2) is 7.94. The smallest absolute Gasteiger partial charge is 0.274 e. The normalized spacial score (nSPS) is 17.3. The van der Waals surface area contributed by atoms with Crippen molar-refractivity contribution in [3.05, 3.63) is 41.9 Å². The Bertz CT molecular complexity index is 793. The van der Waals surface area contributed by atoms with E-state index in [2.05, 4.69) is 37.6 Å². The Labute approximate surface area is 160 Å². The first-order valence-electron chi connectivity index (χ1n) is 9.96. The van der Waals surface area contributed by atoms with Gasteiger partial charge in [0, 0.05) is 36.6 Å². The van der Waals surface area contributed by atoms with Crippen molar-refractivity contribution in [1.82, 2.24) is 9.97 Å². The Hall–Kier alpha value is -2.63. The van der Waals surface area contributed by atoms with Gasteiger partial charge in [0.05, 0.1) is 0 Å². The van der Waals surface area contributed by atoms with Crippen molar-refractivity contribution in [3.8, 4) is 0 Å². The predicted molar refractivity (Wildman–Crippen MR) is 108 cm³/mol. The van der Waals surface area contributed by atoms with Crippen LogP contribution in [0.5, 0.6) is 0 Å². The van der Waals surface area contributed by atoms with E-state index in [0.29, 0.717) is 17.6 Å². The number of hydrogen-bond acceptors (Lipinski definition) is 5. The average molecular weight is 365 g/mol. The summed E-state index contributed by atoms with van der Waals surface area (Å²) in [6.07, 6.45) is 7.33. The van der Waals surface area contributed by atoms with Crippen molar-refractivity contribution >= 4 is 23.1 Å². The lowest BCUT2D eigenvalue weighted by atomic mass is 10.2. The Balaban J connectivity index is 1.43. The number of aryl methyl sites for hydroxylation is 1. The Morgan fingerprint density at radius 1 is 1.04 bits per heavy atom. The minimum absolute atomic E-state index is 0.205. The minimum atomic E-state index is -0.205. The molecule has 1 aliphatic carbocycles. The molecule has 2 heterocycles. The molecule has 2 N–H and O–H groups in total. The summed E-state index contributed by atoms with van der Waals surface area (Å²) in [6.45, 7) is 4.05. The molecular formula is C21H27N5O. The number of anilines is 3. The standard InChI is InChI=1S/C21H27N5O/c1-15-22-19(14-20(23-15)24-16-6-2-3-7-16)21(27)25-17-8-10-18(11-9-17)26-12-4-5-13-26/h8-11,14,16H,2-7,12-13H2,1H3,(H,25,27)(H,22,23,24). The molecule has 0 radical (unpaired) electrons. The lowest BCUT2D eigenvalue weighted by Crippen LogP contribution is -2.19. The number of hydrogen-bond donors (Lipinski definition) is 2. The maximum Gasteiger partial charge on any atom is 0.274 e. The van der Waals surface area contributed by atoms with Gasteiger partial charge >= 0.3 is 0 Å². The van der Waals surface area contributed by atoms with Gasteiger partial charge in [0.2, 0.25) is 0 Å².